The van der Waals surface area contributed by atoms with Crippen LogP contribution < -0.4 is 0 Å². The third-order valence-electron chi connectivity index (χ3n) is 9.75. The molecule has 496 valence electrons. The second-order valence-electron chi connectivity index (χ2n) is 15.7. The predicted molar refractivity (Wildman–Crippen MR) is 246 cm³/mol. The van der Waals surface area contributed by atoms with Crippen LogP contribution in [-0.2, 0) is 181 Å². The maximum atomic E-state index is 12.6. The summed E-state index contributed by atoms with van der Waals surface area (Å²) in [5.41, 5.74) is -1.26. The zero-order valence-electron chi connectivity index (χ0n) is 39.6. The SMILES string of the molecule is O=[N+]([O-])c1cc(CO[C@@H]2O[C@H](COS(=O)(=O)O)[C@@H](O[C@H]3O[C@H](COS(=O)(=O)O)[C@@H](O[C@H]4O[C@H](COS(=O)(=O)O)[C@@H](OS(=O)(=O)O)[C@H](OS(=O)(=O)O)[C@H]4OS(=O)(=O)O)[C@H](OS(=O)(=O)O)[C@H]3OS(=O)(=O)O)[C@H](OS(=O)(=O)O)[C@H]2OS(=O)(=O)O)ccc1Cl. The minimum absolute atomic E-state index is 0.383. The second kappa shape index (κ2) is 27.9. The Morgan fingerprint density at radius 3 is 0.976 bits per heavy atom. The number of halogens is 1. The van der Waals surface area contributed by atoms with Gasteiger partial charge < -0.3 is 28.4 Å². The maximum absolute atomic E-state index is 12.6. The Bertz CT molecular complexity index is 3750. The molecule has 0 aliphatic carbocycles. The lowest BCUT2D eigenvalue weighted by molar-refractivity contribution is -0.384. The highest BCUT2D eigenvalue weighted by atomic mass is 35.5. The van der Waals surface area contributed by atoms with E-state index in [0.717, 1.165) is 12.1 Å². The summed E-state index contributed by atoms with van der Waals surface area (Å²) < 4.78 is 414. The lowest BCUT2D eigenvalue weighted by Crippen LogP contribution is -2.69. The molecule has 0 aromatic heterocycles. The third-order valence-corrected chi connectivity index (χ3v) is 14.6. The van der Waals surface area contributed by atoms with Gasteiger partial charge in [-0.05, 0) is 11.6 Å². The van der Waals surface area contributed by atoms with E-state index in [9.17, 15) is 140 Å². The molecule has 3 saturated heterocycles. The largest absolute Gasteiger partial charge is 0.397 e. The molecule has 1 aromatic carbocycles. The first-order chi connectivity index (χ1) is 38.0. The summed E-state index contributed by atoms with van der Waals surface area (Å²) >= 11 is 5.78. The van der Waals surface area contributed by atoms with Gasteiger partial charge in [0.05, 0.1) is 31.4 Å². The summed E-state index contributed by atoms with van der Waals surface area (Å²) in [5, 5.41) is 11.0. The zero-order valence-corrected chi connectivity index (χ0v) is 48.5. The average molecular weight is 1470 g/mol. The van der Waals surface area contributed by atoms with Gasteiger partial charge in [0, 0.05) is 6.07 Å². The summed E-state index contributed by atoms with van der Waals surface area (Å²) in [6.45, 7) is -7.45. The molecule has 49 nitrogen and oxygen atoms in total. The van der Waals surface area contributed by atoms with Gasteiger partial charge in [0.25, 0.3) is 5.69 Å². The summed E-state index contributed by atoms with van der Waals surface area (Å²) in [6.07, 6.45) is -50.6. The minimum atomic E-state index is -6.58. The fourth-order valence-electron chi connectivity index (χ4n) is 7.19. The first-order valence-corrected chi connectivity index (χ1v) is 34.3. The maximum Gasteiger partial charge on any atom is 0.397 e. The van der Waals surface area contributed by atoms with Crippen LogP contribution in [0.4, 0.5) is 5.69 Å². The van der Waals surface area contributed by atoms with Crippen molar-refractivity contribution in [2.45, 2.75) is 98.7 Å². The molecule has 1 aromatic rings. The summed E-state index contributed by atoms with van der Waals surface area (Å²) in [6, 6.07) is 2.44. The van der Waals surface area contributed by atoms with Crippen LogP contribution in [0.15, 0.2) is 18.2 Å². The van der Waals surface area contributed by atoms with Crippen molar-refractivity contribution >= 4 is 121 Å². The quantitative estimate of drug-likeness (QED) is 0.0188. The van der Waals surface area contributed by atoms with Crippen LogP contribution in [0.1, 0.15) is 5.56 Å². The Kier molecular flexibility index (Phi) is 24.5. The van der Waals surface area contributed by atoms with Crippen LogP contribution in [-0.4, -0.2) is 247 Å². The van der Waals surface area contributed by atoms with Crippen molar-refractivity contribution in [2.75, 3.05) is 19.8 Å². The summed E-state index contributed by atoms with van der Waals surface area (Å²) in [4.78, 5) is 10.5. The molecule has 3 fully saturated rings. The van der Waals surface area contributed by atoms with Crippen LogP contribution in [0.2, 0.25) is 5.02 Å². The summed E-state index contributed by atoms with van der Waals surface area (Å²) in [7, 11) is -62.6. The number of benzene rings is 1. The molecular formula is C25H36ClNO48S10. The van der Waals surface area contributed by atoms with Crippen molar-refractivity contribution in [1.29, 1.82) is 0 Å². The first kappa shape index (κ1) is 74.8. The molecule has 3 heterocycles. The van der Waals surface area contributed by atoms with E-state index in [4.69, 9.17) is 40.0 Å². The molecule has 0 bridgehead atoms. The Hall–Kier alpha value is -2.63. The summed E-state index contributed by atoms with van der Waals surface area (Å²) in [5.74, 6) is 0. The van der Waals surface area contributed by atoms with E-state index in [-0.39, 0.29) is 5.56 Å². The van der Waals surface area contributed by atoms with Crippen molar-refractivity contribution in [3.8, 4) is 0 Å². The lowest BCUT2D eigenvalue weighted by atomic mass is 9.96. The normalized spacial score (nSPS) is 30.0. The molecule has 10 N–H and O–H groups in total. The van der Waals surface area contributed by atoms with Crippen LogP contribution in [0.5, 0.6) is 0 Å². The highest BCUT2D eigenvalue weighted by molar-refractivity contribution is 7.83. The second-order valence-corrected chi connectivity index (χ2v) is 26.8. The highest BCUT2D eigenvalue weighted by Gasteiger charge is 2.61. The van der Waals surface area contributed by atoms with Gasteiger partial charge in [-0.2, -0.15) is 84.2 Å². The van der Waals surface area contributed by atoms with Crippen molar-refractivity contribution in [3.05, 3.63) is 38.9 Å². The monoisotopic (exact) mass is 1470 g/mol. The van der Waals surface area contributed by atoms with Gasteiger partial charge >= 0.3 is 104 Å². The van der Waals surface area contributed by atoms with Gasteiger partial charge in [-0.1, -0.05) is 17.7 Å². The molecule has 0 radical (unpaired) electrons. The van der Waals surface area contributed by atoms with Gasteiger partial charge in [-0.25, -0.2) is 41.8 Å². The first-order valence-electron chi connectivity index (χ1n) is 20.3. The average Bonchev–Trinajstić information content (AvgIpc) is 1.02. The van der Waals surface area contributed by atoms with Gasteiger partial charge in [-0.3, -0.25) is 55.6 Å². The van der Waals surface area contributed by atoms with Gasteiger partial charge in [-0.15, -0.1) is 0 Å². The van der Waals surface area contributed by atoms with Crippen molar-refractivity contribution in [2.24, 2.45) is 0 Å². The number of nitro benzene ring substituents is 1. The van der Waals surface area contributed by atoms with E-state index in [2.05, 4.69) is 41.8 Å². The topological polar surface area (TPSA) is 735 Å². The molecule has 60 heteroatoms. The Balaban J connectivity index is 2.09. The Morgan fingerprint density at radius 2 is 0.671 bits per heavy atom. The van der Waals surface area contributed by atoms with Crippen molar-refractivity contribution < 1.29 is 205 Å². The molecule has 85 heavy (non-hydrogen) atoms. The molecule has 0 saturated carbocycles. The minimum Gasteiger partial charge on any atom is -0.345 e. The predicted octanol–water partition coefficient (Wildman–Crippen LogP) is -6.52. The zero-order chi connectivity index (χ0) is 65.2. The van der Waals surface area contributed by atoms with Crippen LogP contribution in [0.3, 0.4) is 0 Å². The molecule has 4 rings (SSSR count). The molecular weight excluding hydrogens is 1440 g/mol. The third kappa shape index (κ3) is 26.0. The van der Waals surface area contributed by atoms with E-state index >= 15 is 0 Å². The standard InChI is InChI=1S/C25H36ClNO48S10/c26-9-2-1-8(3-10(9)27(28)29)4-60-23-20(73-83(51,52)53)17(70-80(42,43)44)14(11(64-23)5-61-76(30,31)32)67-24-21(74-84(54,55)56)18(71-81(45,46)47)15(12(65-24)6-62-77(33,34)35)68-25-22(75-85(57,58)59)19(72-82(48,49)50)16(69-79(39,40)41)13(66-25)7-63-78(36,37)38/h1-3,11-25H,4-7H2,(H,30,31,32)(H,33,34,35)(H,36,37,38)(H,39,40,41)(H,42,43,44)(H,45,46,47)(H,48,49,50)(H,51,52,53)(H,54,55,56)(H,57,58,59)/t11-,12-,13-,14-,15-,16-,17+,18+,19+,20-,21-,22-,23-,24-,25-/m1/s1. The van der Waals surface area contributed by atoms with E-state index in [0.29, 0.717) is 6.07 Å². The molecule has 15 atom stereocenters. The molecule has 0 spiro atoms. The Labute approximate surface area is 480 Å². The number of nitrogens with zero attached hydrogens (tertiary/aromatic N) is 1. The van der Waals surface area contributed by atoms with E-state index in [1.54, 1.807) is 0 Å². The van der Waals surface area contributed by atoms with Crippen LogP contribution >= 0.6 is 11.6 Å². The van der Waals surface area contributed by atoms with Gasteiger partial charge in [0.1, 0.15) is 60.0 Å². The Morgan fingerprint density at radius 1 is 0.400 bits per heavy atom. The van der Waals surface area contributed by atoms with Crippen LogP contribution in [0.25, 0.3) is 0 Å². The molecule has 3 aliphatic rings. The number of rotatable bonds is 31. The lowest BCUT2D eigenvalue weighted by Gasteiger charge is -2.50. The van der Waals surface area contributed by atoms with Gasteiger partial charge in [0.15, 0.2) is 37.2 Å². The molecule has 0 amide bonds. The number of ether oxygens (including phenoxy) is 6. The fourth-order valence-corrected chi connectivity index (χ4v) is 11.8. The number of hydrogen-bond donors (Lipinski definition) is 10. The highest BCUT2D eigenvalue weighted by Crippen LogP contribution is 2.40. The van der Waals surface area contributed by atoms with Gasteiger partial charge in [0.2, 0.25) is 0 Å². The van der Waals surface area contributed by atoms with Crippen molar-refractivity contribution in [1.82, 2.24) is 0 Å². The molecule has 3 aliphatic heterocycles. The van der Waals surface area contributed by atoms with E-state index in [1.165, 1.54) is 0 Å². The van der Waals surface area contributed by atoms with E-state index in [1.807, 2.05) is 0 Å². The number of nitro groups is 1. The molecule has 0 unspecified atom stereocenters. The smallest absolute Gasteiger partial charge is 0.345 e. The fraction of sp³-hybridized carbons (Fsp3) is 0.760. The number of hydrogen-bond acceptors (Lipinski definition) is 38. The van der Waals surface area contributed by atoms with Crippen molar-refractivity contribution in [3.63, 3.8) is 0 Å². The van der Waals surface area contributed by atoms with E-state index < -0.39 is 238 Å². The van der Waals surface area contributed by atoms with Crippen LogP contribution in [0, 0.1) is 10.1 Å².